The minimum atomic E-state index is -1.24. The maximum atomic E-state index is 14.5. The molecular weight excluding hydrogens is 582 g/mol. The Morgan fingerprint density at radius 2 is 1.64 bits per heavy atom. The Bertz CT molecular complexity index is 1530. The SMILES string of the molecule is CCOc1ccc(NC(=O)[C@H]2[C@H]3C(=O)N([C@@H](CO)Cc4ccccc4)C(C(=O)Nc4ccc(Cl)cc4)C34CC[C@]2(C)O4)cc1. The molecular formula is C34H36ClN3O6. The molecule has 6 atom stereocenters. The molecule has 10 heteroatoms. The van der Waals surface area contributed by atoms with E-state index in [4.69, 9.17) is 21.1 Å². The highest BCUT2D eigenvalue weighted by atomic mass is 35.5. The zero-order valence-electron chi connectivity index (χ0n) is 24.7. The lowest BCUT2D eigenvalue weighted by Crippen LogP contribution is -2.57. The van der Waals surface area contributed by atoms with E-state index in [0.29, 0.717) is 48.0 Å². The quantitative estimate of drug-likeness (QED) is 0.304. The summed E-state index contributed by atoms with van der Waals surface area (Å²) in [4.78, 5) is 44.2. The van der Waals surface area contributed by atoms with Crippen molar-refractivity contribution in [2.45, 2.75) is 56.4 Å². The predicted octanol–water partition coefficient (Wildman–Crippen LogP) is 4.68. The Morgan fingerprint density at radius 3 is 2.27 bits per heavy atom. The molecule has 3 amide bonds. The number of benzene rings is 3. The molecule has 0 aliphatic carbocycles. The zero-order valence-corrected chi connectivity index (χ0v) is 25.4. The van der Waals surface area contributed by atoms with Crippen molar-refractivity contribution in [3.8, 4) is 5.75 Å². The fraction of sp³-hybridized carbons (Fsp3) is 0.382. The molecule has 2 unspecified atom stereocenters. The molecule has 1 spiro atoms. The summed E-state index contributed by atoms with van der Waals surface area (Å²) in [5.74, 6) is -2.22. The van der Waals surface area contributed by atoms with E-state index in [2.05, 4.69) is 10.6 Å². The highest BCUT2D eigenvalue weighted by molar-refractivity contribution is 6.30. The average molecular weight is 618 g/mol. The lowest BCUT2D eigenvalue weighted by Gasteiger charge is -2.37. The van der Waals surface area contributed by atoms with Gasteiger partial charge in [-0.05, 0) is 87.2 Å². The van der Waals surface area contributed by atoms with Crippen LogP contribution in [0.15, 0.2) is 78.9 Å². The number of fused-ring (bicyclic) bond motifs is 1. The van der Waals surface area contributed by atoms with Crippen LogP contribution in [0.25, 0.3) is 0 Å². The van der Waals surface area contributed by atoms with E-state index < -0.39 is 41.0 Å². The molecule has 3 aliphatic heterocycles. The number of carbonyl (C=O) groups excluding carboxylic acids is 3. The van der Waals surface area contributed by atoms with E-state index in [-0.39, 0.29) is 18.4 Å². The van der Waals surface area contributed by atoms with Crippen LogP contribution in [0, 0.1) is 11.8 Å². The summed E-state index contributed by atoms with van der Waals surface area (Å²) in [5.41, 5.74) is -0.204. The van der Waals surface area contributed by atoms with Crippen molar-refractivity contribution >= 4 is 40.7 Å². The Hall–Kier alpha value is -3.92. The van der Waals surface area contributed by atoms with Crippen LogP contribution in [0.1, 0.15) is 32.3 Å². The van der Waals surface area contributed by atoms with Crippen LogP contribution in [-0.4, -0.2) is 64.2 Å². The lowest BCUT2D eigenvalue weighted by molar-refractivity contribution is -0.146. The minimum absolute atomic E-state index is 0.330. The van der Waals surface area contributed by atoms with Crippen molar-refractivity contribution in [1.29, 1.82) is 0 Å². The zero-order chi connectivity index (χ0) is 31.1. The molecule has 3 N–H and O–H groups in total. The molecule has 3 fully saturated rings. The molecule has 2 bridgehead atoms. The van der Waals surface area contributed by atoms with Gasteiger partial charge in [-0.25, -0.2) is 0 Å². The molecule has 3 aromatic carbocycles. The fourth-order valence-corrected chi connectivity index (χ4v) is 7.49. The van der Waals surface area contributed by atoms with Gasteiger partial charge in [0.25, 0.3) is 0 Å². The first kappa shape index (κ1) is 30.1. The maximum absolute atomic E-state index is 14.5. The molecule has 3 saturated heterocycles. The lowest BCUT2D eigenvalue weighted by atomic mass is 9.66. The number of carbonyl (C=O) groups is 3. The van der Waals surface area contributed by atoms with Crippen LogP contribution in [0.2, 0.25) is 5.02 Å². The van der Waals surface area contributed by atoms with Crippen molar-refractivity contribution in [1.82, 2.24) is 4.90 Å². The highest BCUT2D eigenvalue weighted by Gasteiger charge is 2.78. The number of amides is 3. The first-order chi connectivity index (χ1) is 21.2. The topological polar surface area (TPSA) is 117 Å². The van der Waals surface area contributed by atoms with Gasteiger partial charge in [0.05, 0.1) is 36.7 Å². The monoisotopic (exact) mass is 617 g/mol. The molecule has 6 rings (SSSR count). The summed E-state index contributed by atoms with van der Waals surface area (Å²) in [5, 5.41) is 17.1. The largest absolute Gasteiger partial charge is 0.494 e. The van der Waals surface area contributed by atoms with Gasteiger partial charge in [0.15, 0.2) is 0 Å². The van der Waals surface area contributed by atoms with Crippen LogP contribution in [-0.2, 0) is 25.5 Å². The van der Waals surface area contributed by atoms with Gasteiger partial charge in [-0.15, -0.1) is 0 Å². The molecule has 44 heavy (non-hydrogen) atoms. The first-order valence-corrected chi connectivity index (χ1v) is 15.3. The number of hydrogen-bond acceptors (Lipinski definition) is 6. The Morgan fingerprint density at radius 1 is 1.00 bits per heavy atom. The number of aliphatic hydroxyl groups excluding tert-OH is 1. The van der Waals surface area contributed by atoms with Crippen molar-refractivity contribution < 1.29 is 29.0 Å². The van der Waals surface area contributed by atoms with E-state index in [1.807, 2.05) is 44.2 Å². The number of halogens is 1. The van der Waals surface area contributed by atoms with Crippen LogP contribution < -0.4 is 15.4 Å². The summed E-state index contributed by atoms with van der Waals surface area (Å²) in [6.07, 6.45) is 1.25. The molecule has 3 heterocycles. The van der Waals surface area contributed by atoms with E-state index in [0.717, 1.165) is 5.56 Å². The minimum Gasteiger partial charge on any atom is -0.494 e. The number of hydrogen-bond donors (Lipinski definition) is 3. The third kappa shape index (κ3) is 5.23. The fourth-order valence-electron chi connectivity index (χ4n) is 7.36. The normalized spacial score (nSPS) is 27.6. The number of aliphatic hydroxyl groups is 1. The highest BCUT2D eigenvalue weighted by Crippen LogP contribution is 2.63. The molecule has 9 nitrogen and oxygen atoms in total. The second-order valence-electron chi connectivity index (χ2n) is 11.9. The van der Waals surface area contributed by atoms with Crippen LogP contribution in [0.4, 0.5) is 11.4 Å². The first-order valence-electron chi connectivity index (χ1n) is 15.0. The Kier molecular flexibility index (Phi) is 8.13. The summed E-state index contributed by atoms with van der Waals surface area (Å²) in [6.45, 7) is 3.90. The summed E-state index contributed by atoms with van der Waals surface area (Å²) < 4.78 is 12.2. The summed E-state index contributed by atoms with van der Waals surface area (Å²) >= 11 is 6.06. The third-order valence-corrected chi connectivity index (χ3v) is 9.46. The van der Waals surface area contributed by atoms with Crippen LogP contribution >= 0.6 is 11.6 Å². The summed E-state index contributed by atoms with van der Waals surface area (Å²) in [7, 11) is 0. The molecule has 0 radical (unpaired) electrons. The molecule has 3 aromatic rings. The molecule has 230 valence electrons. The average Bonchev–Trinajstić information content (AvgIpc) is 3.59. The maximum Gasteiger partial charge on any atom is 0.250 e. The van der Waals surface area contributed by atoms with Crippen LogP contribution in [0.3, 0.4) is 0 Å². The smallest absolute Gasteiger partial charge is 0.250 e. The van der Waals surface area contributed by atoms with Crippen molar-refractivity contribution in [3.63, 3.8) is 0 Å². The second kappa shape index (κ2) is 11.9. The van der Waals surface area contributed by atoms with Crippen molar-refractivity contribution in [3.05, 3.63) is 89.4 Å². The van der Waals surface area contributed by atoms with Gasteiger partial charge in [0, 0.05) is 16.4 Å². The standard InChI is InChI=1S/C34H36ClN3O6/c1-3-43-26-15-13-24(14-16-26)36-30(40)27-28-32(42)38(25(20-39)19-21-7-5-4-6-8-21)29(34(28)18-17-33(27,2)44-34)31(41)37-23-11-9-22(35)10-12-23/h4-16,25,27-29,39H,3,17-20H2,1-2H3,(H,36,40)(H,37,41)/t25-,27-,28+,29?,33+,34?/m1/s1. The van der Waals surface area contributed by atoms with E-state index in [1.54, 1.807) is 48.5 Å². The van der Waals surface area contributed by atoms with Gasteiger partial charge in [0.1, 0.15) is 17.4 Å². The molecule has 0 aromatic heterocycles. The van der Waals surface area contributed by atoms with Gasteiger partial charge >= 0.3 is 0 Å². The van der Waals surface area contributed by atoms with Crippen molar-refractivity contribution in [2.24, 2.45) is 11.8 Å². The number of ether oxygens (including phenoxy) is 2. The van der Waals surface area contributed by atoms with Crippen LogP contribution in [0.5, 0.6) is 5.75 Å². The number of likely N-dealkylation sites (tertiary alicyclic amines) is 1. The third-order valence-electron chi connectivity index (χ3n) is 9.21. The van der Waals surface area contributed by atoms with Gasteiger partial charge in [-0.1, -0.05) is 41.9 Å². The van der Waals surface area contributed by atoms with Gasteiger partial charge in [-0.2, -0.15) is 0 Å². The number of nitrogens with one attached hydrogen (secondary N) is 2. The number of anilines is 2. The molecule has 3 aliphatic rings. The predicted molar refractivity (Wildman–Crippen MR) is 166 cm³/mol. The van der Waals surface area contributed by atoms with Gasteiger partial charge < -0.3 is 30.1 Å². The van der Waals surface area contributed by atoms with Gasteiger partial charge in [-0.3, -0.25) is 14.4 Å². The number of nitrogens with zero attached hydrogens (tertiary/aromatic N) is 1. The Labute approximate surface area is 261 Å². The van der Waals surface area contributed by atoms with Crippen molar-refractivity contribution in [2.75, 3.05) is 23.8 Å². The second-order valence-corrected chi connectivity index (χ2v) is 12.4. The summed E-state index contributed by atoms with van der Waals surface area (Å²) in [6, 6.07) is 21.5. The number of rotatable bonds is 10. The Balaban J connectivity index is 1.36. The van der Waals surface area contributed by atoms with E-state index in [1.165, 1.54) is 4.90 Å². The molecule has 0 saturated carbocycles. The van der Waals surface area contributed by atoms with E-state index >= 15 is 0 Å². The van der Waals surface area contributed by atoms with Gasteiger partial charge in [0.2, 0.25) is 17.7 Å². The van der Waals surface area contributed by atoms with E-state index in [9.17, 15) is 19.5 Å².